The first-order chi connectivity index (χ1) is 12.8. The maximum atomic E-state index is 13.2. The molecule has 3 rings (SSSR count). The van der Waals surface area contributed by atoms with Crippen LogP contribution in [0, 0.1) is 0 Å². The minimum atomic E-state index is -4.32. The van der Waals surface area contributed by atoms with Gasteiger partial charge in [-0.2, -0.15) is 13.2 Å². The number of hydrogen-bond donors (Lipinski definition) is 0. The van der Waals surface area contributed by atoms with Gasteiger partial charge in [0, 0.05) is 52.9 Å². The second-order valence-corrected chi connectivity index (χ2v) is 7.07. The highest BCUT2D eigenvalue weighted by atomic mass is 19.4. The van der Waals surface area contributed by atoms with Crippen molar-refractivity contribution >= 4 is 11.6 Å². The molecule has 0 amide bonds. The summed E-state index contributed by atoms with van der Waals surface area (Å²) in [5.74, 6) is 1.64. The lowest BCUT2D eigenvalue weighted by atomic mass is 10.1. The molecule has 1 aromatic heterocycles. The number of benzene rings is 1. The fraction of sp³-hybridized carbons (Fsp3) is 0.474. The number of rotatable bonds is 5. The summed E-state index contributed by atoms with van der Waals surface area (Å²) in [6.45, 7) is 1.75. The molecule has 146 valence electrons. The van der Waals surface area contributed by atoms with Gasteiger partial charge in [0.05, 0.1) is 5.56 Å². The van der Waals surface area contributed by atoms with E-state index in [0.717, 1.165) is 30.7 Å². The topological polar surface area (TPSA) is 35.5 Å². The van der Waals surface area contributed by atoms with Gasteiger partial charge in [-0.15, -0.1) is 0 Å². The SMILES string of the molecule is CN(C)c1cc(N(C)C2CCN(Cc3ccccc3C(F)(F)F)C2)ncn1. The van der Waals surface area contributed by atoms with Gasteiger partial charge in [0.25, 0.3) is 0 Å². The first kappa shape index (κ1) is 19.4. The summed E-state index contributed by atoms with van der Waals surface area (Å²) < 4.78 is 39.6. The van der Waals surface area contributed by atoms with Gasteiger partial charge in [-0.25, -0.2) is 9.97 Å². The number of aromatic nitrogens is 2. The van der Waals surface area contributed by atoms with Crippen molar-refractivity contribution in [3.63, 3.8) is 0 Å². The molecular formula is C19H24F3N5. The van der Waals surface area contributed by atoms with E-state index in [1.807, 2.05) is 32.1 Å². The van der Waals surface area contributed by atoms with Crippen LogP contribution in [0.3, 0.4) is 0 Å². The molecule has 1 fully saturated rings. The van der Waals surface area contributed by atoms with Crippen LogP contribution in [0.15, 0.2) is 36.7 Å². The van der Waals surface area contributed by atoms with Gasteiger partial charge < -0.3 is 9.80 Å². The lowest BCUT2D eigenvalue weighted by Crippen LogP contribution is -2.35. The summed E-state index contributed by atoms with van der Waals surface area (Å²) in [5.41, 5.74) is -0.224. The number of alkyl halides is 3. The third kappa shape index (κ3) is 4.50. The predicted molar refractivity (Wildman–Crippen MR) is 99.9 cm³/mol. The standard InChI is InChI=1S/C19H24F3N5/c1-25(2)17-10-18(24-13-23-17)26(3)15-8-9-27(12-15)11-14-6-4-5-7-16(14)19(20,21)22/h4-7,10,13,15H,8-9,11-12H2,1-3H3. The largest absolute Gasteiger partial charge is 0.416 e. The highest BCUT2D eigenvalue weighted by molar-refractivity contribution is 5.49. The van der Waals surface area contributed by atoms with Crippen LogP contribution in [0.4, 0.5) is 24.8 Å². The summed E-state index contributed by atoms with van der Waals surface area (Å²) in [7, 11) is 5.81. The second-order valence-electron chi connectivity index (χ2n) is 7.07. The van der Waals surface area contributed by atoms with Crippen molar-refractivity contribution in [2.24, 2.45) is 0 Å². The monoisotopic (exact) mass is 379 g/mol. The Kier molecular flexibility index (Phi) is 5.55. The first-order valence-corrected chi connectivity index (χ1v) is 8.85. The van der Waals surface area contributed by atoms with E-state index in [1.165, 1.54) is 12.4 Å². The summed E-state index contributed by atoms with van der Waals surface area (Å²) in [5, 5.41) is 0. The van der Waals surface area contributed by atoms with Crippen molar-refractivity contribution in [1.82, 2.24) is 14.9 Å². The van der Waals surface area contributed by atoms with Crippen LogP contribution in [0.2, 0.25) is 0 Å². The van der Waals surface area contributed by atoms with Crippen LogP contribution in [0.5, 0.6) is 0 Å². The minimum Gasteiger partial charge on any atom is -0.363 e. The van der Waals surface area contributed by atoms with E-state index in [2.05, 4.69) is 19.8 Å². The zero-order chi connectivity index (χ0) is 19.6. The van der Waals surface area contributed by atoms with Crippen molar-refractivity contribution in [2.45, 2.75) is 25.2 Å². The molecule has 5 nitrogen and oxygen atoms in total. The van der Waals surface area contributed by atoms with E-state index in [1.54, 1.807) is 12.1 Å². The lowest BCUT2D eigenvalue weighted by Gasteiger charge is -2.27. The molecule has 0 saturated carbocycles. The van der Waals surface area contributed by atoms with Crippen LogP contribution in [0.25, 0.3) is 0 Å². The average Bonchev–Trinajstić information content (AvgIpc) is 3.09. The van der Waals surface area contributed by atoms with Crippen molar-refractivity contribution in [3.8, 4) is 0 Å². The fourth-order valence-corrected chi connectivity index (χ4v) is 3.41. The number of likely N-dealkylation sites (tertiary alicyclic amines) is 1. The van der Waals surface area contributed by atoms with Crippen molar-refractivity contribution < 1.29 is 13.2 Å². The summed E-state index contributed by atoms with van der Waals surface area (Å²) in [6, 6.07) is 7.93. The van der Waals surface area contributed by atoms with E-state index in [9.17, 15) is 13.2 Å². The number of likely N-dealkylation sites (N-methyl/N-ethyl adjacent to an activating group) is 1. The number of anilines is 2. The van der Waals surface area contributed by atoms with E-state index in [0.29, 0.717) is 18.7 Å². The minimum absolute atomic E-state index is 0.202. The molecule has 2 aromatic rings. The zero-order valence-corrected chi connectivity index (χ0v) is 15.7. The van der Waals surface area contributed by atoms with Gasteiger partial charge in [-0.3, -0.25) is 4.90 Å². The van der Waals surface area contributed by atoms with E-state index >= 15 is 0 Å². The maximum absolute atomic E-state index is 13.2. The summed E-state index contributed by atoms with van der Waals surface area (Å²) in [4.78, 5) is 14.6. The van der Waals surface area contributed by atoms with Crippen LogP contribution in [-0.4, -0.2) is 55.1 Å². The van der Waals surface area contributed by atoms with Gasteiger partial charge in [-0.1, -0.05) is 18.2 Å². The predicted octanol–water partition coefficient (Wildman–Crippen LogP) is 3.27. The van der Waals surface area contributed by atoms with Crippen LogP contribution < -0.4 is 9.80 Å². The van der Waals surface area contributed by atoms with Gasteiger partial charge >= 0.3 is 6.18 Å². The number of nitrogens with zero attached hydrogens (tertiary/aromatic N) is 5. The van der Waals surface area contributed by atoms with Gasteiger partial charge in [0.15, 0.2) is 0 Å². The van der Waals surface area contributed by atoms with E-state index in [4.69, 9.17) is 0 Å². The smallest absolute Gasteiger partial charge is 0.363 e. The third-order valence-electron chi connectivity index (χ3n) is 4.97. The lowest BCUT2D eigenvalue weighted by molar-refractivity contribution is -0.138. The molecule has 0 N–H and O–H groups in total. The average molecular weight is 379 g/mol. The maximum Gasteiger partial charge on any atom is 0.416 e. The molecule has 1 unspecified atom stereocenters. The number of hydrogen-bond acceptors (Lipinski definition) is 5. The van der Waals surface area contributed by atoms with Gasteiger partial charge in [-0.05, 0) is 18.1 Å². The zero-order valence-electron chi connectivity index (χ0n) is 15.7. The summed E-state index contributed by atoms with van der Waals surface area (Å²) >= 11 is 0. The molecule has 1 aromatic carbocycles. The molecule has 2 heterocycles. The third-order valence-corrected chi connectivity index (χ3v) is 4.97. The molecule has 0 spiro atoms. The van der Waals surface area contributed by atoms with Gasteiger partial charge in [0.1, 0.15) is 18.0 Å². The van der Waals surface area contributed by atoms with Crippen molar-refractivity contribution in [3.05, 3.63) is 47.8 Å². The Hall–Kier alpha value is -2.35. The Morgan fingerprint density at radius 1 is 1.11 bits per heavy atom. The molecule has 27 heavy (non-hydrogen) atoms. The molecular weight excluding hydrogens is 355 g/mol. The van der Waals surface area contributed by atoms with Crippen molar-refractivity contribution in [2.75, 3.05) is 44.0 Å². The highest BCUT2D eigenvalue weighted by Gasteiger charge is 2.34. The summed E-state index contributed by atoms with van der Waals surface area (Å²) in [6.07, 6.45) is -1.91. The first-order valence-electron chi connectivity index (χ1n) is 8.85. The molecule has 0 aliphatic carbocycles. The van der Waals surface area contributed by atoms with E-state index in [-0.39, 0.29) is 6.04 Å². The molecule has 1 aliphatic rings. The van der Waals surface area contributed by atoms with Crippen LogP contribution in [0.1, 0.15) is 17.5 Å². The number of halogens is 3. The molecule has 0 bridgehead atoms. The Labute approximate surface area is 157 Å². The quantitative estimate of drug-likeness (QED) is 0.797. The van der Waals surface area contributed by atoms with Crippen molar-refractivity contribution in [1.29, 1.82) is 0 Å². The Morgan fingerprint density at radius 3 is 2.52 bits per heavy atom. The molecule has 1 atom stereocenters. The molecule has 8 heteroatoms. The second kappa shape index (κ2) is 7.72. The van der Waals surface area contributed by atoms with E-state index < -0.39 is 11.7 Å². The molecule has 1 saturated heterocycles. The highest BCUT2D eigenvalue weighted by Crippen LogP contribution is 2.33. The van der Waals surface area contributed by atoms with Gasteiger partial charge in [0.2, 0.25) is 0 Å². The Bertz CT molecular complexity index is 778. The Balaban J connectivity index is 1.68. The van der Waals surface area contributed by atoms with Crippen LogP contribution in [-0.2, 0) is 12.7 Å². The van der Waals surface area contributed by atoms with Crippen LogP contribution >= 0.6 is 0 Å². The fourth-order valence-electron chi connectivity index (χ4n) is 3.41. The normalized spacial score (nSPS) is 17.9. The molecule has 0 radical (unpaired) electrons. The molecule has 1 aliphatic heterocycles. The Morgan fingerprint density at radius 2 is 1.81 bits per heavy atom.